The molecule has 4 heteroatoms. The molecule has 1 unspecified atom stereocenters. The van der Waals surface area contributed by atoms with Crippen LogP contribution in [0.25, 0.3) is 0 Å². The van der Waals surface area contributed by atoms with Gasteiger partial charge in [0.2, 0.25) is 0 Å². The van der Waals surface area contributed by atoms with Crippen LogP contribution < -0.4 is 0 Å². The van der Waals surface area contributed by atoms with Gasteiger partial charge in [-0.05, 0) is 28.9 Å². The molecular weight excluding hydrogens is 260 g/mol. The average molecular weight is 286 g/mol. The van der Waals surface area contributed by atoms with E-state index in [1.165, 1.54) is 5.57 Å². The van der Waals surface area contributed by atoms with Gasteiger partial charge in [0.05, 0.1) is 0 Å². The number of hydrogen-bond donors (Lipinski definition) is 1. The lowest BCUT2D eigenvalue weighted by Gasteiger charge is -2.34. The summed E-state index contributed by atoms with van der Waals surface area (Å²) in [5.41, 5.74) is 2.00. The molecule has 1 aliphatic carbocycles. The van der Waals surface area contributed by atoms with Crippen LogP contribution in [0.4, 0.5) is 0 Å². The minimum atomic E-state index is -4.08. The fraction of sp³-hybridized carbons (Fsp3) is 0.733. The Balaban J connectivity index is 3.40. The Labute approximate surface area is 117 Å². The maximum atomic E-state index is 11.8. The maximum Gasteiger partial charge on any atom is 0.272 e. The zero-order valence-electron chi connectivity index (χ0n) is 12.7. The first-order valence-electron chi connectivity index (χ1n) is 6.95. The van der Waals surface area contributed by atoms with Crippen molar-refractivity contribution >= 4 is 10.1 Å². The van der Waals surface area contributed by atoms with Crippen molar-refractivity contribution in [1.29, 1.82) is 0 Å². The summed E-state index contributed by atoms with van der Waals surface area (Å²) in [6.07, 6.45) is 3.99. The molecule has 0 amide bonds. The summed E-state index contributed by atoms with van der Waals surface area (Å²) >= 11 is 0. The third kappa shape index (κ3) is 3.69. The lowest BCUT2D eigenvalue weighted by atomic mass is 9.77. The Morgan fingerprint density at radius 3 is 1.89 bits per heavy atom. The zero-order chi connectivity index (χ0) is 15.0. The fourth-order valence-corrected chi connectivity index (χ4v) is 4.10. The maximum absolute atomic E-state index is 11.8. The van der Waals surface area contributed by atoms with E-state index in [0.717, 1.165) is 5.57 Å². The molecule has 0 aromatic carbocycles. The van der Waals surface area contributed by atoms with Gasteiger partial charge in [0, 0.05) is 5.92 Å². The second-order valence-electron chi connectivity index (χ2n) is 6.38. The van der Waals surface area contributed by atoms with Crippen LogP contribution in [0.2, 0.25) is 0 Å². The standard InChI is InChI=1S/C15H26O3S/c1-9(2)12-7-13(10(3)4)15(19(16,17)18)14(8-12)11(5)6/h7-11,13,15H,1-6H3,(H,16,17,18)/t13-,15?/m1/s1. The molecule has 1 N–H and O–H groups in total. The van der Waals surface area contributed by atoms with E-state index in [0.29, 0.717) is 5.92 Å². The van der Waals surface area contributed by atoms with Gasteiger partial charge in [-0.15, -0.1) is 0 Å². The van der Waals surface area contributed by atoms with Crippen molar-refractivity contribution in [2.24, 2.45) is 23.7 Å². The first-order valence-corrected chi connectivity index (χ1v) is 8.45. The molecule has 19 heavy (non-hydrogen) atoms. The third-order valence-corrected chi connectivity index (χ3v) is 5.05. The molecule has 0 aromatic rings. The quantitative estimate of drug-likeness (QED) is 0.802. The van der Waals surface area contributed by atoms with Gasteiger partial charge < -0.3 is 0 Å². The van der Waals surface area contributed by atoms with Crippen LogP contribution in [0.3, 0.4) is 0 Å². The molecular formula is C15H26O3S. The molecule has 1 aliphatic rings. The summed E-state index contributed by atoms with van der Waals surface area (Å²) in [7, 11) is -4.08. The normalized spacial score (nSPS) is 24.9. The highest BCUT2D eigenvalue weighted by atomic mass is 32.2. The predicted molar refractivity (Wildman–Crippen MR) is 79.5 cm³/mol. The molecule has 110 valence electrons. The number of allylic oxidation sites excluding steroid dienone is 3. The topological polar surface area (TPSA) is 54.4 Å². The second kappa shape index (κ2) is 5.80. The molecule has 0 aromatic heterocycles. The van der Waals surface area contributed by atoms with E-state index in [1.807, 2.05) is 39.8 Å². The van der Waals surface area contributed by atoms with Crippen molar-refractivity contribution in [2.75, 3.05) is 0 Å². The number of rotatable bonds is 4. The van der Waals surface area contributed by atoms with Crippen molar-refractivity contribution in [3.05, 3.63) is 23.3 Å². The summed E-state index contributed by atoms with van der Waals surface area (Å²) in [4.78, 5) is 0. The highest BCUT2D eigenvalue weighted by molar-refractivity contribution is 7.86. The third-order valence-electron chi connectivity index (χ3n) is 3.82. The fourth-order valence-electron chi connectivity index (χ4n) is 2.62. The monoisotopic (exact) mass is 286 g/mol. The van der Waals surface area contributed by atoms with E-state index in [9.17, 15) is 13.0 Å². The minimum Gasteiger partial charge on any atom is -0.285 e. The van der Waals surface area contributed by atoms with E-state index >= 15 is 0 Å². The first-order chi connectivity index (χ1) is 8.55. The molecule has 0 radical (unpaired) electrons. The Morgan fingerprint density at radius 2 is 1.58 bits per heavy atom. The van der Waals surface area contributed by atoms with E-state index in [2.05, 4.69) is 13.8 Å². The smallest absolute Gasteiger partial charge is 0.272 e. The van der Waals surface area contributed by atoms with Crippen LogP contribution in [-0.4, -0.2) is 18.2 Å². The van der Waals surface area contributed by atoms with E-state index < -0.39 is 15.4 Å². The molecule has 0 saturated carbocycles. The van der Waals surface area contributed by atoms with Crippen LogP contribution in [0.5, 0.6) is 0 Å². The van der Waals surface area contributed by atoms with Gasteiger partial charge in [-0.1, -0.05) is 53.7 Å². The van der Waals surface area contributed by atoms with E-state index in [-0.39, 0.29) is 17.8 Å². The zero-order valence-corrected chi connectivity index (χ0v) is 13.5. The van der Waals surface area contributed by atoms with Crippen LogP contribution in [0.1, 0.15) is 41.5 Å². The van der Waals surface area contributed by atoms with Crippen molar-refractivity contribution in [1.82, 2.24) is 0 Å². The van der Waals surface area contributed by atoms with Gasteiger partial charge in [-0.3, -0.25) is 4.55 Å². The van der Waals surface area contributed by atoms with Gasteiger partial charge in [0.25, 0.3) is 10.1 Å². The van der Waals surface area contributed by atoms with Gasteiger partial charge in [0.15, 0.2) is 0 Å². The molecule has 0 aliphatic heterocycles. The summed E-state index contributed by atoms with van der Waals surface area (Å²) in [6, 6.07) is 0. The molecule has 0 heterocycles. The van der Waals surface area contributed by atoms with Crippen LogP contribution in [0, 0.1) is 23.7 Å². The highest BCUT2D eigenvalue weighted by Gasteiger charge is 2.39. The van der Waals surface area contributed by atoms with Crippen molar-refractivity contribution in [3.8, 4) is 0 Å². The van der Waals surface area contributed by atoms with Crippen LogP contribution in [-0.2, 0) is 10.1 Å². The minimum absolute atomic E-state index is 0.107. The first kappa shape index (κ1) is 16.4. The summed E-state index contributed by atoms with van der Waals surface area (Å²) in [5, 5.41) is -0.796. The van der Waals surface area contributed by atoms with Gasteiger partial charge in [0.1, 0.15) is 5.25 Å². The SMILES string of the molecule is CC(C)C1=C[C@H](C(C)C)C(S(=O)(=O)O)C(C(C)C)=C1. The summed E-state index contributed by atoms with van der Waals surface area (Å²) < 4.78 is 33.2. The Bertz CT molecular complexity index is 482. The molecule has 0 saturated heterocycles. The van der Waals surface area contributed by atoms with Crippen molar-refractivity contribution in [3.63, 3.8) is 0 Å². The molecule has 2 atom stereocenters. The van der Waals surface area contributed by atoms with Gasteiger partial charge in [-0.2, -0.15) is 8.42 Å². The molecule has 1 rings (SSSR count). The van der Waals surface area contributed by atoms with Crippen molar-refractivity contribution in [2.45, 2.75) is 46.8 Å². The molecule has 0 bridgehead atoms. The van der Waals surface area contributed by atoms with E-state index in [1.54, 1.807) is 0 Å². The molecule has 0 fully saturated rings. The Kier molecular flexibility index (Phi) is 5.02. The summed E-state index contributed by atoms with van der Waals surface area (Å²) in [6.45, 7) is 12.2. The summed E-state index contributed by atoms with van der Waals surface area (Å²) in [5.74, 6) is 0.478. The Hall–Kier alpha value is -0.610. The predicted octanol–water partition coefficient (Wildman–Crippen LogP) is 3.69. The second-order valence-corrected chi connectivity index (χ2v) is 7.92. The lowest BCUT2D eigenvalue weighted by molar-refractivity contribution is 0.397. The highest BCUT2D eigenvalue weighted by Crippen LogP contribution is 2.38. The van der Waals surface area contributed by atoms with Gasteiger partial charge in [-0.25, -0.2) is 0 Å². The largest absolute Gasteiger partial charge is 0.285 e. The molecule has 0 spiro atoms. The molecule has 3 nitrogen and oxygen atoms in total. The number of hydrogen-bond acceptors (Lipinski definition) is 2. The van der Waals surface area contributed by atoms with Crippen LogP contribution >= 0.6 is 0 Å². The Morgan fingerprint density at radius 1 is 1.05 bits per heavy atom. The van der Waals surface area contributed by atoms with E-state index in [4.69, 9.17) is 0 Å². The lowest BCUT2D eigenvalue weighted by Crippen LogP contribution is -2.37. The van der Waals surface area contributed by atoms with Crippen molar-refractivity contribution < 1.29 is 13.0 Å². The van der Waals surface area contributed by atoms with Crippen LogP contribution in [0.15, 0.2) is 23.3 Å². The van der Waals surface area contributed by atoms with Gasteiger partial charge >= 0.3 is 0 Å². The average Bonchev–Trinajstić information content (AvgIpc) is 2.25.